The first-order valence-electron chi connectivity index (χ1n) is 8.56. The quantitative estimate of drug-likeness (QED) is 0.794. The Morgan fingerprint density at radius 3 is 2.57 bits per heavy atom. The molecule has 1 saturated heterocycles. The van der Waals surface area contributed by atoms with E-state index in [-0.39, 0.29) is 5.91 Å². The molecule has 1 N–H and O–H groups in total. The van der Waals surface area contributed by atoms with Gasteiger partial charge in [-0.15, -0.1) is 0 Å². The number of hydrogen-bond acceptors (Lipinski definition) is 4. The van der Waals surface area contributed by atoms with Gasteiger partial charge in [0, 0.05) is 26.2 Å². The van der Waals surface area contributed by atoms with Gasteiger partial charge in [-0.05, 0) is 30.5 Å². The third kappa shape index (κ3) is 5.84. The fourth-order valence-electron chi connectivity index (χ4n) is 2.57. The lowest BCUT2D eigenvalue weighted by molar-refractivity contribution is -0.128. The average molecular weight is 320 g/mol. The molecule has 1 atom stereocenters. The summed E-state index contributed by atoms with van der Waals surface area (Å²) in [5.74, 6) is 0.706. The van der Waals surface area contributed by atoms with Gasteiger partial charge < -0.3 is 14.8 Å². The maximum Gasteiger partial charge on any atom is 0.261 e. The molecule has 1 aliphatic heterocycles. The van der Waals surface area contributed by atoms with Gasteiger partial charge >= 0.3 is 0 Å². The van der Waals surface area contributed by atoms with Crippen LogP contribution < -0.4 is 10.1 Å². The zero-order valence-electron chi connectivity index (χ0n) is 14.2. The molecule has 23 heavy (non-hydrogen) atoms. The summed E-state index contributed by atoms with van der Waals surface area (Å²) in [7, 11) is 0. The molecule has 5 nitrogen and oxygen atoms in total. The average Bonchev–Trinajstić information content (AvgIpc) is 2.61. The van der Waals surface area contributed by atoms with E-state index in [1.807, 2.05) is 31.2 Å². The fourth-order valence-corrected chi connectivity index (χ4v) is 2.57. The van der Waals surface area contributed by atoms with Crippen molar-refractivity contribution in [1.82, 2.24) is 10.2 Å². The maximum atomic E-state index is 12.3. The van der Waals surface area contributed by atoms with Crippen molar-refractivity contribution in [3.63, 3.8) is 0 Å². The number of rotatable bonds is 8. The zero-order valence-corrected chi connectivity index (χ0v) is 14.2. The van der Waals surface area contributed by atoms with Crippen LogP contribution in [-0.2, 0) is 16.0 Å². The lowest BCUT2D eigenvalue weighted by Gasteiger charge is -2.26. The monoisotopic (exact) mass is 320 g/mol. The number of benzene rings is 1. The highest BCUT2D eigenvalue weighted by Gasteiger charge is 2.18. The van der Waals surface area contributed by atoms with E-state index in [9.17, 15) is 4.79 Å². The molecule has 1 heterocycles. The largest absolute Gasteiger partial charge is 0.481 e. The Balaban J connectivity index is 1.75. The highest BCUT2D eigenvalue weighted by Crippen LogP contribution is 2.15. The molecule has 0 aliphatic carbocycles. The van der Waals surface area contributed by atoms with Crippen LogP contribution in [0.15, 0.2) is 24.3 Å². The van der Waals surface area contributed by atoms with Gasteiger partial charge in [-0.25, -0.2) is 0 Å². The summed E-state index contributed by atoms with van der Waals surface area (Å²) in [5.41, 5.74) is 1.26. The summed E-state index contributed by atoms with van der Waals surface area (Å²) in [5, 5.41) is 2.98. The fraction of sp³-hybridized carbons (Fsp3) is 0.611. The lowest BCUT2D eigenvalue weighted by Crippen LogP contribution is -2.44. The number of carbonyl (C=O) groups excluding carboxylic acids is 1. The summed E-state index contributed by atoms with van der Waals surface area (Å²) >= 11 is 0. The summed E-state index contributed by atoms with van der Waals surface area (Å²) in [4.78, 5) is 14.6. The van der Waals surface area contributed by atoms with Crippen molar-refractivity contribution in [1.29, 1.82) is 0 Å². The van der Waals surface area contributed by atoms with Crippen LogP contribution in [0.25, 0.3) is 0 Å². The number of nitrogens with one attached hydrogen (secondary N) is 1. The van der Waals surface area contributed by atoms with Gasteiger partial charge in [0.25, 0.3) is 5.91 Å². The van der Waals surface area contributed by atoms with Crippen molar-refractivity contribution in [3.05, 3.63) is 29.8 Å². The van der Waals surface area contributed by atoms with Crippen LogP contribution in [-0.4, -0.2) is 56.3 Å². The lowest BCUT2D eigenvalue weighted by atomic mass is 10.2. The van der Waals surface area contributed by atoms with E-state index in [1.54, 1.807) is 0 Å². The van der Waals surface area contributed by atoms with Gasteiger partial charge in [-0.3, -0.25) is 9.69 Å². The molecule has 0 aromatic heterocycles. The molecule has 0 saturated carbocycles. The van der Waals surface area contributed by atoms with Crippen molar-refractivity contribution in [3.8, 4) is 5.75 Å². The third-order valence-corrected chi connectivity index (χ3v) is 4.10. The molecule has 0 radical (unpaired) electrons. The molecule has 1 aliphatic rings. The Morgan fingerprint density at radius 1 is 1.26 bits per heavy atom. The van der Waals surface area contributed by atoms with Crippen LogP contribution >= 0.6 is 0 Å². The molecule has 1 fully saturated rings. The first-order chi connectivity index (χ1) is 11.2. The van der Waals surface area contributed by atoms with Crippen LogP contribution in [0.1, 0.15) is 25.8 Å². The number of aryl methyl sites for hydroxylation is 1. The minimum atomic E-state index is -0.438. The Bertz CT molecular complexity index is 470. The minimum absolute atomic E-state index is 0.0414. The molecule has 1 aromatic rings. The number of morpholine rings is 1. The summed E-state index contributed by atoms with van der Waals surface area (Å²) in [6.07, 6.45) is 1.21. The normalized spacial score (nSPS) is 16.8. The van der Waals surface area contributed by atoms with Crippen LogP contribution in [0.2, 0.25) is 0 Å². The maximum absolute atomic E-state index is 12.3. The van der Waals surface area contributed by atoms with Crippen molar-refractivity contribution >= 4 is 5.91 Å². The number of amides is 1. The smallest absolute Gasteiger partial charge is 0.261 e. The highest BCUT2D eigenvalue weighted by atomic mass is 16.5. The van der Waals surface area contributed by atoms with Crippen LogP contribution in [0, 0.1) is 0 Å². The Labute approximate surface area is 139 Å². The van der Waals surface area contributed by atoms with Crippen molar-refractivity contribution in [2.45, 2.75) is 32.8 Å². The Morgan fingerprint density at radius 2 is 1.96 bits per heavy atom. The first kappa shape index (κ1) is 17.8. The topological polar surface area (TPSA) is 50.8 Å². The molecular weight excluding hydrogens is 292 g/mol. The van der Waals surface area contributed by atoms with Gasteiger partial charge in [0.15, 0.2) is 6.10 Å². The number of hydrogen-bond donors (Lipinski definition) is 1. The second-order valence-corrected chi connectivity index (χ2v) is 5.76. The van der Waals surface area contributed by atoms with Crippen molar-refractivity contribution in [2.75, 3.05) is 39.4 Å². The Kier molecular flexibility index (Phi) is 7.36. The number of ether oxygens (including phenoxy) is 2. The van der Waals surface area contributed by atoms with Gasteiger partial charge in [0.2, 0.25) is 0 Å². The van der Waals surface area contributed by atoms with Crippen LogP contribution in [0.5, 0.6) is 5.75 Å². The predicted molar refractivity (Wildman–Crippen MR) is 90.8 cm³/mol. The predicted octanol–water partition coefficient (Wildman–Crippen LogP) is 1.85. The minimum Gasteiger partial charge on any atom is -0.481 e. The zero-order chi connectivity index (χ0) is 16.5. The molecule has 0 spiro atoms. The van der Waals surface area contributed by atoms with Gasteiger partial charge in [-0.2, -0.15) is 0 Å². The molecule has 2 rings (SSSR count). The second-order valence-electron chi connectivity index (χ2n) is 5.76. The molecule has 128 valence electrons. The summed E-state index contributed by atoms with van der Waals surface area (Å²) < 4.78 is 11.1. The van der Waals surface area contributed by atoms with E-state index >= 15 is 0 Å². The molecule has 1 amide bonds. The molecule has 0 bridgehead atoms. The van der Waals surface area contributed by atoms with E-state index in [2.05, 4.69) is 17.1 Å². The van der Waals surface area contributed by atoms with E-state index in [0.717, 1.165) is 45.0 Å². The van der Waals surface area contributed by atoms with E-state index in [0.29, 0.717) is 13.0 Å². The van der Waals surface area contributed by atoms with Crippen LogP contribution in [0.3, 0.4) is 0 Å². The van der Waals surface area contributed by atoms with Crippen molar-refractivity contribution < 1.29 is 14.3 Å². The van der Waals surface area contributed by atoms with E-state index in [1.165, 1.54) is 5.56 Å². The first-order valence-corrected chi connectivity index (χ1v) is 8.56. The standard InChI is InChI=1S/C18H28N2O3/c1-3-15-5-7-16(8-6-15)23-17(4-2)18(21)19-9-10-20-11-13-22-14-12-20/h5-8,17H,3-4,9-14H2,1-2H3,(H,19,21). The van der Waals surface area contributed by atoms with Gasteiger partial charge in [-0.1, -0.05) is 26.0 Å². The van der Waals surface area contributed by atoms with Crippen molar-refractivity contribution in [2.24, 2.45) is 0 Å². The van der Waals surface area contributed by atoms with E-state index < -0.39 is 6.10 Å². The highest BCUT2D eigenvalue weighted by molar-refractivity contribution is 5.81. The third-order valence-electron chi connectivity index (χ3n) is 4.10. The number of nitrogens with zero attached hydrogens (tertiary/aromatic N) is 1. The molecule has 1 aromatic carbocycles. The molecular formula is C18H28N2O3. The number of carbonyl (C=O) groups is 1. The SMILES string of the molecule is CCc1ccc(OC(CC)C(=O)NCCN2CCOCC2)cc1. The van der Waals surface area contributed by atoms with E-state index in [4.69, 9.17) is 9.47 Å². The second kappa shape index (κ2) is 9.53. The van der Waals surface area contributed by atoms with Gasteiger partial charge in [0.1, 0.15) is 5.75 Å². The summed E-state index contributed by atoms with van der Waals surface area (Å²) in [6, 6.07) is 7.95. The van der Waals surface area contributed by atoms with Gasteiger partial charge in [0.05, 0.1) is 13.2 Å². The molecule has 5 heteroatoms. The van der Waals surface area contributed by atoms with Crippen LogP contribution in [0.4, 0.5) is 0 Å². The molecule has 1 unspecified atom stereocenters. The Hall–Kier alpha value is -1.59. The summed E-state index contributed by atoms with van der Waals surface area (Å²) in [6.45, 7) is 9.02.